The van der Waals surface area contributed by atoms with Gasteiger partial charge in [0.1, 0.15) is 0 Å². The number of rotatable bonds is 13. The first kappa shape index (κ1) is 18.0. The highest BCUT2D eigenvalue weighted by Gasteiger charge is 2.15. The van der Waals surface area contributed by atoms with Crippen LogP contribution in [0.25, 0.3) is 0 Å². The van der Waals surface area contributed by atoms with Crippen molar-refractivity contribution in [3.8, 4) is 0 Å². The van der Waals surface area contributed by atoms with Crippen LogP contribution in [0.2, 0.25) is 0 Å². The molecule has 0 spiro atoms. The van der Waals surface area contributed by atoms with Crippen molar-refractivity contribution in [2.45, 2.75) is 105 Å². The van der Waals surface area contributed by atoms with E-state index in [2.05, 4.69) is 27.7 Å². The van der Waals surface area contributed by atoms with Gasteiger partial charge in [-0.1, -0.05) is 105 Å². The lowest BCUT2D eigenvalue weighted by molar-refractivity contribution is 0.278. The predicted molar refractivity (Wildman–Crippen MR) is 85.1 cm³/mol. The first-order valence-corrected chi connectivity index (χ1v) is 8.79. The molecule has 0 N–H and O–H groups in total. The lowest BCUT2D eigenvalue weighted by Gasteiger charge is -2.24. The molecule has 0 aromatic rings. The van der Waals surface area contributed by atoms with E-state index in [1.165, 1.54) is 77.0 Å². The molecule has 0 saturated heterocycles. The van der Waals surface area contributed by atoms with Crippen LogP contribution < -0.4 is 0 Å². The third-order valence-corrected chi connectivity index (χ3v) is 4.67. The molecule has 1 atom stereocenters. The van der Waals surface area contributed by atoms with E-state index in [1.807, 2.05) is 0 Å². The summed E-state index contributed by atoms with van der Waals surface area (Å²) in [5, 5.41) is 0. The molecule has 0 nitrogen and oxygen atoms in total. The topological polar surface area (TPSA) is 0 Å². The smallest absolute Gasteiger partial charge is 0.0389 e. The summed E-state index contributed by atoms with van der Waals surface area (Å²) in [6.07, 6.45) is 17.3. The average molecular weight is 255 g/mol. The van der Waals surface area contributed by atoms with E-state index in [0.717, 1.165) is 11.8 Å². The van der Waals surface area contributed by atoms with Crippen molar-refractivity contribution in [1.82, 2.24) is 0 Å². The average Bonchev–Trinajstić information content (AvgIpc) is 2.40. The van der Waals surface area contributed by atoms with Crippen LogP contribution in [-0.2, 0) is 0 Å². The van der Waals surface area contributed by atoms with Gasteiger partial charge in [-0.25, -0.2) is 0 Å². The summed E-state index contributed by atoms with van der Waals surface area (Å²) in [7, 11) is 0. The lowest BCUT2D eigenvalue weighted by atomic mass is 9.82. The van der Waals surface area contributed by atoms with Crippen molar-refractivity contribution < 1.29 is 0 Å². The van der Waals surface area contributed by atoms with Crippen LogP contribution in [0, 0.1) is 11.8 Å². The van der Waals surface area contributed by atoms with Crippen LogP contribution in [0.15, 0.2) is 0 Å². The van der Waals surface area contributed by atoms with E-state index < -0.39 is 0 Å². The number of hydrogen-bond donors (Lipinski definition) is 0. The van der Waals surface area contributed by atoms with E-state index in [0.29, 0.717) is 0 Å². The quantitative estimate of drug-likeness (QED) is 0.311. The summed E-state index contributed by atoms with van der Waals surface area (Å²) < 4.78 is 0. The molecule has 18 heavy (non-hydrogen) atoms. The number of unbranched alkanes of at least 4 members (excludes halogenated alkanes) is 7. The molecule has 110 valence electrons. The van der Waals surface area contributed by atoms with Crippen molar-refractivity contribution >= 4 is 0 Å². The maximum atomic E-state index is 2.38. The Morgan fingerprint density at radius 3 is 1.39 bits per heavy atom. The monoisotopic (exact) mass is 254 g/mol. The summed E-state index contributed by atoms with van der Waals surface area (Å²) >= 11 is 0. The van der Waals surface area contributed by atoms with Gasteiger partial charge < -0.3 is 0 Å². The summed E-state index contributed by atoms with van der Waals surface area (Å²) in [4.78, 5) is 0. The molecule has 0 heteroatoms. The molecule has 0 aromatic heterocycles. The van der Waals surface area contributed by atoms with Gasteiger partial charge in [0.2, 0.25) is 0 Å². The van der Waals surface area contributed by atoms with Crippen molar-refractivity contribution in [2.75, 3.05) is 0 Å². The van der Waals surface area contributed by atoms with E-state index in [4.69, 9.17) is 0 Å². The second-order valence-electron chi connectivity index (χ2n) is 6.01. The molecule has 0 saturated carbocycles. The Hall–Kier alpha value is 0. The molecule has 0 amide bonds. The zero-order valence-electron chi connectivity index (χ0n) is 13.6. The SMILES string of the molecule is CCCCCCCCCCC(CC)C(CC)CC. The van der Waals surface area contributed by atoms with Crippen LogP contribution in [-0.4, -0.2) is 0 Å². The second kappa shape index (κ2) is 13.4. The first-order chi connectivity index (χ1) is 8.79. The Bertz CT molecular complexity index is 146. The van der Waals surface area contributed by atoms with Crippen molar-refractivity contribution in [1.29, 1.82) is 0 Å². The maximum absolute atomic E-state index is 2.38. The van der Waals surface area contributed by atoms with Gasteiger partial charge >= 0.3 is 0 Å². The fourth-order valence-corrected chi connectivity index (χ4v) is 3.27. The van der Waals surface area contributed by atoms with Crippen LogP contribution in [0.4, 0.5) is 0 Å². The fourth-order valence-electron chi connectivity index (χ4n) is 3.27. The highest BCUT2D eigenvalue weighted by molar-refractivity contribution is 4.67. The Morgan fingerprint density at radius 2 is 0.944 bits per heavy atom. The van der Waals surface area contributed by atoms with Crippen molar-refractivity contribution in [2.24, 2.45) is 11.8 Å². The minimum Gasteiger partial charge on any atom is -0.0654 e. The van der Waals surface area contributed by atoms with E-state index >= 15 is 0 Å². The summed E-state index contributed by atoms with van der Waals surface area (Å²) in [5.74, 6) is 1.99. The van der Waals surface area contributed by atoms with Gasteiger partial charge in [0, 0.05) is 0 Å². The minimum atomic E-state index is 0.986. The highest BCUT2D eigenvalue weighted by Crippen LogP contribution is 2.27. The molecule has 0 aliphatic carbocycles. The fraction of sp³-hybridized carbons (Fsp3) is 1.00. The van der Waals surface area contributed by atoms with Crippen LogP contribution in [0.3, 0.4) is 0 Å². The first-order valence-electron chi connectivity index (χ1n) is 8.79. The van der Waals surface area contributed by atoms with Gasteiger partial charge in [-0.05, 0) is 11.8 Å². The zero-order chi connectivity index (χ0) is 13.6. The third kappa shape index (κ3) is 9.00. The normalized spacial score (nSPS) is 13.2. The van der Waals surface area contributed by atoms with Gasteiger partial charge in [0.25, 0.3) is 0 Å². The van der Waals surface area contributed by atoms with Gasteiger partial charge in [-0.2, -0.15) is 0 Å². The van der Waals surface area contributed by atoms with Gasteiger partial charge in [0.05, 0.1) is 0 Å². The zero-order valence-corrected chi connectivity index (χ0v) is 13.6. The molecule has 1 unspecified atom stereocenters. The molecule has 0 rings (SSSR count). The third-order valence-electron chi connectivity index (χ3n) is 4.67. The lowest BCUT2D eigenvalue weighted by Crippen LogP contribution is -2.12. The Kier molecular flexibility index (Phi) is 13.4. The standard InChI is InChI=1S/C18H38/c1-5-9-10-11-12-13-14-15-16-18(8-4)17(6-2)7-3/h17-18H,5-16H2,1-4H3. The molecule has 0 aromatic carbocycles. The number of hydrogen-bond acceptors (Lipinski definition) is 0. The van der Waals surface area contributed by atoms with Crippen LogP contribution in [0.1, 0.15) is 105 Å². The van der Waals surface area contributed by atoms with Gasteiger partial charge in [0.15, 0.2) is 0 Å². The van der Waals surface area contributed by atoms with Gasteiger partial charge in [-0.15, -0.1) is 0 Å². The Labute approximate surface area is 117 Å². The molecule has 0 heterocycles. The van der Waals surface area contributed by atoms with Crippen LogP contribution >= 0.6 is 0 Å². The largest absolute Gasteiger partial charge is 0.0654 e. The molecule has 0 fully saturated rings. The van der Waals surface area contributed by atoms with E-state index in [-0.39, 0.29) is 0 Å². The van der Waals surface area contributed by atoms with Gasteiger partial charge in [-0.3, -0.25) is 0 Å². The molecule has 0 aliphatic heterocycles. The highest BCUT2D eigenvalue weighted by atomic mass is 14.2. The summed E-state index contributed by atoms with van der Waals surface area (Å²) in [6, 6.07) is 0. The maximum Gasteiger partial charge on any atom is -0.0389 e. The molecular weight excluding hydrogens is 216 g/mol. The second-order valence-corrected chi connectivity index (χ2v) is 6.01. The predicted octanol–water partition coefficient (Wildman–Crippen LogP) is 6.98. The van der Waals surface area contributed by atoms with E-state index in [9.17, 15) is 0 Å². The van der Waals surface area contributed by atoms with Crippen molar-refractivity contribution in [3.63, 3.8) is 0 Å². The molecule has 0 aliphatic rings. The molecule has 0 bridgehead atoms. The van der Waals surface area contributed by atoms with Crippen LogP contribution in [0.5, 0.6) is 0 Å². The molecular formula is C18H38. The Balaban J connectivity index is 3.45. The summed E-state index contributed by atoms with van der Waals surface area (Å²) in [5.41, 5.74) is 0. The van der Waals surface area contributed by atoms with Crippen molar-refractivity contribution in [3.05, 3.63) is 0 Å². The Morgan fingerprint density at radius 1 is 0.500 bits per heavy atom. The molecule has 0 radical (unpaired) electrons. The summed E-state index contributed by atoms with van der Waals surface area (Å²) in [6.45, 7) is 9.41. The minimum absolute atomic E-state index is 0.986. The van der Waals surface area contributed by atoms with E-state index in [1.54, 1.807) is 0 Å².